The van der Waals surface area contributed by atoms with E-state index in [1.54, 1.807) is 0 Å². The first-order valence-electron chi connectivity index (χ1n) is 6.36. The number of hydrogen-bond acceptors (Lipinski definition) is 5. The zero-order valence-electron chi connectivity index (χ0n) is 11.6. The minimum Gasteiger partial charge on any atom is -0.508 e. The van der Waals surface area contributed by atoms with Crippen molar-refractivity contribution in [1.82, 2.24) is 5.32 Å². The summed E-state index contributed by atoms with van der Waals surface area (Å²) in [6, 6.07) is 9.72. The molecule has 2 aromatic rings. The first-order valence-corrected chi connectivity index (χ1v) is 6.74. The average Bonchev–Trinajstić information content (AvgIpc) is 2.53. The van der Waals surface area contributed by atoms with Crippen molar-refractivity contribution < 1.29 is 14.8 Å². The van der Waals surface area contributed by atoms with Gasteiger partial charge in [0.15, 0.2) is 0 Å². The zero-order valence-corrected chi connectivity index (χ0v) is 12.4. The Morgan fingerprint density at radius 2 is 2.09 bits per heavy atom. The summed E-state index contributed by atoms with van der Waals surface area (Å²) in [7, 11) is 0. The number of nitro groups is 1. The minimum absolute atomic E-state index is 0.0185. The number of phenols is 1. The third-order valence-electron chi connectivity index (χ3n) is 3.06. The Bertz CT molecular complexity index is 830. The molecule has 0 fully saturated rings. The number of halogens is 1. The number of amides is 1. The number of nitriles is 1. The van der Waals surface area contributed by atoms with Crippen LogP contribution in [-0.2, 0) is 6.54 Å². The van der Waals surface area contributed by atoms with Crippen LogP contribution >= 0.6 is 11.6 Å². The van der Waals surface area contributed by atoms with Crippen LogP contribution in [0.4, 0.5) is 5.69 Å². The molecule has 0 unspecified atom stereocenters. The molecule has 0 bridgehead atoms. The maximum Gasteiger partial charge on any atom is 0.270 e. The van der Waals surface area contributed by atoms with Gasteiger partial charge < -0.3 is 10.4 Å². The number of carbonyl (C=O) groups is 1. The molecule has 2 N–H and O–H groups in total. The molecule has 0 heterocycles. The Kier molecular flexibility index (Phi) is 4.79. The van der Waals surface area contributed by atoms with Gasteiger partial charge in [0.25, 0.3) is 11.6 Å². The first kappa shape index (κ1) is 16.3. The molecule has 2 rings (SSSR count). The quantitative estimate of drug-likeness (QED) is 0.660. The number of carbonyl (C=O) groups excluding carboxylic acids is 1. The molecule has 0 saturated carbocycles. The Morgan fingerprint density at radius 3 is 2.70 bits per heavy atom. The predicted molar refractivity (Wildman–Crippen MR) is 82.1 cm³/mol. The average molecular weight is 332 g/mol. The van der Waals surface area contributed by atoms with Gasteiger partial charge in [-0.25, -0.2) is 0 Å². The standard InChI is InChI=1S/C15H10ClN3O4/c16-13-4-3-11(19(22)23)6-12(13)15(21)18-8-10-2-1-9(7-17)5-14(10)20/h1-6,20H,8H2,(H,18,21). The normalized spacial score (nSPS) is 9.91. The van der Waals surface area contributed by atoms with Gasteiger partial charge in [-0.2, -0.15) is 5.26 Å². The number of non-ortho nitro benzene ring substituents is 1. The summed E-state index contributed by atoms with van der Waals surface area (Å²) in [4.78, 5) is 22.2. The van der Waals surface area contributed by atoms with E-state index in [-0.39, 0.29) is 28.6 Å². The van der Waals surface area contributed by atoms with Crippen LogP contribution in [0.1, 0.15) is 21.5 Å². The Hall–Kier alpha value is -3.11. The largest absolute Gasteiger partial charge is 0.508 e. The number of nitro benzene ring substituents is 1. The number of phenolic OH excluding ortho intramolecular Hbond substituents is 1. The van der Waals surface area contributed by atoms with E-state index in [4.69, 9.17) is 16.9 Å². The van der Waals surface area contributed by atoms with Crippen LogP contribution in [0.2, 0.25) is 5.02 Å². The second-order valence-corrected chi connectivity index (χ2v) is 4.97. The fraction of sp³-hybridized carbons (Fsp3) is 0.0667. The molecule has 2 aromatic carbocycles. The number of nitrogens with one attached hydrogen (secondary N) is 1. The van der Waals surface area contributed by atoms with Gasteiger partial charge in [0.05, 0.1) is 27.1 Å². The minimum atomic E-state index is -0.625. The van der Waals surface area contributed by atoms with Gasteiger partial charge in [0.1, 0.15) is 5.75 Å². The van der Waals surface area contributed by atoms with Crippen LogP contribution in [0.25, 0.3) is 0 Å². The highest BCUT2D eigenvalue weighted by Crippen LogP contribution is 2.23. The topological polar surface area (TPSA) is 116 Å². The highest BCUT2D eigenvalue weighted by molar-refractivity contribution is 6.33. The molecule has 0 aliphatic carbocycles. The highest BCUT2D eigenvalue weighted by atomic mass is 35.5. The molecule has 0 radical (unpaired) electrons. The molecule has 0 atom stereocenters. The van der Waals surface area contributed by atoms with Crippen molar-refractivity contribution in [1.29, 1.82) is 5.26 Å². The Morgan fingerprint density at radius 1 is 1.35 bits per heavy atom. The summed E-state index contributed by atoms with van der Waals surface area (Å²) in [6.07, 6.45) is 0. The first-order chi connectivity index (χ1) is 10.9. The van der Waals surface area contributed by atoms with E-state index in [0.717, 1.165) is 6.07 Å². The van der Waals surface area contributed by atoms with Gasteiger partial charge in [-0.05, 0) is 18.2 Å². The molecular formula is C15H10ClN3O4. The summed E-state index contributed by atoms with van der Waals surface area (Å²) in [5, 5.41) is 31.8. The lowest BCUT2D eigenvalue weighted by atomic mass is 10.1. The molecule has 0 saturated heterocycles. The molecule has 116 valence electrons. The number of rotatable bonds is 4. The van der Waals surface area contributed by atoms with Gasteiger partial charge in [0, 0.05) is 24.2 Å². The highest BCUT2D eigenvalue weighted by Gasteiger charge is 2.16. The number of nitrogens with zero attached hydrogens (tertiary/aromatic N) is 2. The number of aromatic hydroxyl groups is 1. The van der Waals surface area contributed by atoms with Gasteiger partial charge >= 0.3 is 0 Å². The van der Waals surface area contributed by atoms with Crippen molar-refractivity contribution in [3.05, 3.63) is 68.2 Å². The Balaban J connectivity index is 2.16. The monoisotopic (exact) mass is 331 g/mol. The molecule has 7 nitrogen and oxygen atoms in total. The summed E-state index contributed by atoms with van der Waals surface area (Å²) in [5.41, 5.74) is 0.410. The van der Waals surface area contributed by atoms with Crippen molar-refractivity contribution in [2.24, 2.45) is 0 Å². The molecule has 23 heavy (non-hydrogen) atoms. The summed E-state index contributed by atoms with van der Waals surface area (Å²) in [5.74, 6) is -0.739. The molecule has 0 spiro atoms. The summed E-state index contributed by atoms with van der Waals surface area (Å²) >= 11 is 5.88. The molecular weight excluding hydrogens is 322 g/mol. The van der Waals surface area contributed by atoms with Crippen molar-refractivity contribution in [3.8, 4) is 11.8 Å². The third kappa shape index (κ3) is 3.75. The van der Waals surface area contributed by atoms with E-state index in [1.807, 2.05) is 6.07 Å². The fourth-order valence-corrected chi connectivity index (χ4v) is 2.06. The van der Waals surface area contributed by atoms with Gasteiger partial charge in [-0.1, -0.05) is 17.7 Å². The van der Waals surface area contributed by atoms with Crippen molar-refractivity contribution in [3.63, 3.8) is 0 Å². The molecule has 1 amide bonds. The summed E-state index contributed by atoms with van der Waals surface area (Å²) in [6.45, 7) is -0.0185. The SMILES string of the molecule is N#Cc1ccc(CNC(=O)c2cc([N+](=O)[O-])ccc2Cl)c(O)c1. The zero-order chi connectivity index (χ0) is 17.0. The fourth-order valence-electron chi connectivity index (χ4n) is 1.85. The van der Waals surface area contributed by atoms with Crippen LogP contribution < -0.4 is 5.32 Å². The van der Waals surface area contributed by atoms with E-state index in [9.17, 15) is 20.0 Å². The summed E-state index contributed by atoms with van der Waals surface area (Å²) < 4.78 is 0. The lowest BCUT2D eigenvalue weighted by Gasteiger charge is -2.08. The smallest absolute Gasteiger partial charge is 0.270 e. The van der Waals surface area contributed by atoms with E-state index < -0.39 is 10.8 Å². The molecule has 8 heteroatoms. The molecule has 0 aliphatic rings. The molecule has 0 aliphatic heterocycles. The van der Waals surface area contributed by atoms with Crippen LogP contribution in [0.5, 0.6) is 5.75 Å². The van der Waals surface area contributed by atoms with E-state index in [2.05, 4.69) is 5.32 Å². The second-order valence-electron chi connectivity index (χ2n) is 4.56. The molecule has 0 aromatic heterocycles. The lowest BCUT2D eigenvalue weighted by Crippen LogP contribution is -2.23. The maximum atomic E-state index is 12.1. The predicted octanol–water partition coefficient (Wildman–Crippen LogP) is 2.76. The third-order valence-corrected chi connectivity index (χ3v) is 3.39. The van der Waals surface area contributed by atoms with Crippen molar-refractivity contribution in [2.75, 3.05) is 0 Å². The maximum absolute atomic E-state index is 12.1. The van der Waals surface area contributed by atoms with Crippen LogP contribution in [0, 0.1) is 21.4 Å². The van der Waals surface area contributed by atoms with E-state index >= 15 is 0 Å². The van der Waals surface area contributed by atoms with Crippen molar-refractivity contribution in [2.45, 2.75) is 6.54 Å². The van der Waals surface area contributed by atoms with Gasteiger partial charge in [0.2, 0.25) is 0 Å². The van der Waals surface area contributed by atoms with Gasteiger partial charge in [-0.3, -0.25) is 14.9 Å². The van der Waals surface area contributed by atoms with Crippen LogP contribution in [0.15, 0.2) is 36.4 Å². The van der Waals surface area contributed by atoms with E-state index in [0.29, 0.717) is 11.1 Å². The van der Waals surface area contributed by atoms with Crippen LogP contribution in [0.3, 0.4) is 0 Å². The van der Waals surface area contributed by atoms with E-state index in [1.165, 1.54) is 30.3 Å². The number of hydrogen-bond donors (Lipinski definition) is 2. The van der Waals surface area contributed by atoms with Crippen molar-refractivity contribution >= 4 is 23.2 Å². The lowest BCUT2D eigenvalue weighted by molar-refractivity contribution is -0.384. The Labute approximate surface area is 135 Å². The second kappa shape index (κ2) is 6.77. The van der Waals surface area contributed by atoms with Gasteiger partial charge in [-0.15, -0.1) is 0 Å². The van der Waals surface area contributed by atoms with Crippen LogP contribution in [-0.4, -0.2) is 15.9 Å². The number of benzene rings is 2.